The van der Waals surface area contributed by atoms with Gasteiger partial charge in [-0.1, -0.05) is 44.2 Å². The molecule has 2 rings (SSSR count). The van der Waals surface area contributed by atoms with Gasteiger partial charge in [0.05, 0.1) is 10.6 Å². The SMILES string of the molecule is Cc1ccc([N+](=O)[O-])cc1NC(=O)C=Cc1ccc(C(C)C)cc1. The molecule has 0 spiro atoms. The van der Waals surface area contributed by atoms with Crippen LogP contribution >= 0.6 is 0 Å². The Hall–Kier alpha value is -2.95. The number of carbonyl (C=O) groups excluding carboxylic acids is 1. The molecule has 0 unspecified atom stereocenters. The van der Waals surface area contributed by atoms with Crippen LogP contribution in [-0.2, 0) is 4.79 Å². The first kappa shape index (κ1) is 17.4. The average molecular weight is 324 g/mol. The molecule has 124 valence electrons. The number of non-ortho nitro benzene ring substituents is 1. The summed E-state index contributed by atoms with van der Waals surface area (Å²) < 4.78 is 0. The molecule has 1 N–H and O–H groups in total. The van der Waals surface area contributed by atoms with Crippen LogP contribution in [-0.4, -0.2) is 10.8 Å². The van der Waals surface area contributed by atoms with Gasteiger partial charge < -0.3 is 5.32 Å². The summed E-state index contributed by atoms with van der Waals surface area (Å²) in [5.74, 6) is 0.134. The Kier molecular flexibility index (Phi) is 5.47. The van der Waals surface area contributed by atoms with Gasteiger partial charge in [-0.15, -0.1) is 0 Å². The molecule has 2 aromatic carbocycles. The van der Waals surface area contributed by atoms with Crippen LogP contribution in [0.4, 0.5) is 11.4 Å². The number of hydrogen-bond acceptors (Lipinski definition) is 3. The van der Waals surface area contributed by atoms with E-state index in [0.29, 0.717) is 11.6 Å². The van der Waals surface area contributed by atoms with Crippen LogP contribution in [0.25, 0.3) is 6.08 Å². The highest BCUT2D eigenvalue weighted by atomic mass is 16.6. The second kappa shape index (κ2) is 7.55. The van der Waals surface area contributed by atoms with E-state index in [0.717, 1.165) is 11.1 Å². The van der Waals surface area contributed by atoms with E-state index in [1.807, 2.05) is 24.3 Å². The fraction of sp³-hybridized carbons (Fsp3) is 0.211. The van der Waals surface area contributed by atoms with Gasteiger partial charge in [0.15, 0.2) is 0 Å². The molecule has 24 heavy (non-hydrogen) atoms. The van der Waals surface area contributed by atoms with E-state index in [1.54, 1.807) is 19.1 Å². The number of carbonyl (C=O) groups is 1. The van der Waals surface area contributed by atoms with E-state index in [9.17, 15) is 14.9 Å². The summed E-state index contributed by atoms with van der Waals surface area (Å²) >= 11 is 0. The van der Waals surface area contributed by atoms with Crippen molar-refractivity contribution < 1.29 is 9.72 Å². The molecule has 5 nitrogen and oxygen atoms in total. The van der Waals surface area contributed by atoms with Crippen LogP contribution in [0.15, 0.2) is 48.5 Å². The first-order valence-corrected chi connectivity index (χ1v) is 7.71. The zero-order chi connectivity index (χ0) is 17.7. The predicted molar refractivity (Wildman–Crippen MR) is 96.0 cm³/mol. The van der Waals surface area contributed by atoms with Gasteiger partial charge in [-0.05, 0) is 35.6 Å². The molecule has 0 aliphatic heterocycles. The normalized spacial score (nSPS) is 11.0. The van der Waals surface area contributed by atoms with Crippen LogP contribution in [0.3, 0.4) is 0 Å². The van der Waals surface area contributed by atoms with Gasteiger partial charge in [0.25, 0.3) is 5.69 Å². The highest BCUT2D eigenvalue weighted by Gasteiger charge is 2.09. The fourth-order valence-electron chi connectivity index (χ4n) is 2.20. The molecule has 0 saturated heterocycles. The summed E-state index contributed by atoms with van der Waals surface area (Å²) in [6.45, 7) is 6.03. The Morgan fingerprint density at radius 2 is 1.83 bits per heavy atom. The van der Waals surface area contributed by atoms with Gasteiger partial charge in [-0.25, -0.2) is 0 Å². The lowest BCUT2D eigenvalue weighted by atomic mass is 10.0. The lowest BCUT2D eigenvalue weighted by Gasteiger charge is -2.06. The Labute approximate surface area is 141 Å². The number of nitro benzene ring substituents is 1. The molecule has 1 amide bonds. The summed E-state index contributed by atoms with van der Waals surface area (Å²) in [6.07, 6.45) is 3.13. The summed E-state index contributed by atoms with van der Waals surface area (Å²) in [7, 11) is 0. The Balaban J connectivity index is 2.07. The lowest BCUT2D eigenvalue weighted by Crippen LogP contribution is -2.09. The quantitative estimate of drug-likeness (QED) is 0.493. The Morgan fingerprint density at radius 1 is 1.17 bits per heavy atom. The average Bonchev–Trinajstić information content (AvgIpc) is 2.55. The molecule has 0 fully saturated rings. The molecular weight excluding hydrogens is 304 g/mol. The molecule has 0 aliphatic carbocycles. The first-order valence-electron chi connectivity index (χ1n) is 7.71. The van der Waals surface area contributed by atoms with Crippen LogP contribution in [0, 0.1) is 17.0 Å². The zero-order valence-corrected chi connectivity index (χ0v) is 13.9. The number of anilines is 1. The maximum absolute atomic E-state index is 12.0. The smallest absolute Gasteiger partial charge is 0.271 e. The largest absolute Gasteiger partial charge is 0.322 e. The number of rotatable bonds is 5. The number of benzene rings is 2. The summed E-state index contributed by atoms with van der Waals surface area (Å²) in [5, 5.41) is 13.5. The maximum atomic E-state index is 12.0. The van der Waals surface area contributed by atoms with E-state index in [1.165, 1.54) is 23.8 Å². The number of nitrogens with zero attached hydrogens (tertiary/aromatic N) is 1. The van der Waals surface area contributed by atoms with E-state index in [-0.39, 0.29) is 11.6 Å². The van der Waals surface area contributed by atoms with Crippen molar-refractivity contribution in [2.45, 2.75) is 26.7 Å². The van der Waals surface area contributed by atoms with Crippen molar-refractivity contribution >= 4 is 23.4 Å². The third-order valence-electron chi connectivity index (χ3n) is 3.72. The highest BCUT2D eigenvalue weighted by Crippen LogP contribution is 2.22. The Morgan fingerprint density at radius 3 is 2.42 bits per heavy atom. The number of nitro groups is 1. The van der Waals surface area contributed by atoms with E-state index < -0.39 is 4.92 Å². The minimum absolute atomic E-state index is 0.0517. The maximum Gasteiger partial charge on any atom is 0.271 e. The van der Waals surface area contributed by atoms with Gasteiger partial charge in [0, 0.05) is 18.2 Å². The summed E-state index contributed by atoms with van der Waals surface area (Å²) in [5.41, 5.74) is 3.32. The predicted octanol–water partition coefficient (Wildman–Crippen LogP) is 4.68. The minimum atomic E-state index is -0.485. The molecule has 0 aliphatic rings. The number of nitrogens with one attached hydrogen (secondary N) is 1. The molecule has 5 heteroatoms. The number of hydrogen-bond donors (Lipinski definition) is 1. The third kappa shape index (κ3) is 4.52. The number of amides is 1. The van der Waals surface area contributed by atoms with Crippen LogP contribution in [0.1, 0.15) is 36.5 Å². The second-order valence-corrected chi connectivity index (χ2v) is 5.90. The van der Waals surface area contributed by atoms with Gasteiger partial charge in [-0.3, -0.25) is 14.9 Å². The van der Waals surface area contributed by atoms with Crippen molar-refractivity contribution in [1.29, 1.82) is 0 Å². The topological polar surface area (TPSA) is 72.2 Å². The first-order chi connectivity index (χ1) is 11.4. The van der Waals surface area contributed by atoms with Crippen molar-refractivity contribution in [2.24, 2.45) is 0 Å². The van der Waals surface area contributed by atoms with E-state index >= 15 is 0 Å². The van der Waals surface area contributed by atoms with Gasteiger partial charge in [-0.2, -0.15) is 0 Å². The van der Waals surface area contributed by atoms with Gasteiger partial charge in [0.1, 0.15) is 0 Å². The third-order valence-corrected chi connectivity index (χ3v) is 3.72. The fourth-order valence-corrected chi connectivity index (χ4v) is 2.20. The molecule has 0 heterocycles. The van der Waals surface area contributed by atoms with E-state index in [4.69, 9.17) is 0 Å². The molecule has 2 aromatic rings. The summed E-state index contributed by atoms with van der Waals surface area (Å²) in [6, 6.07) is 12.4. The van der Waals surface area contributed by atoms with Crippen molar-refractivity contribution in [3.05, 3.63) is 75.3 Å². The van der Waals surface area contributed by atoms with Crippen LogP contribution in [0.2, 0.25) is 0 Å². The standard InChI is InChI=1S/C19H20N2O3/c1-13(2)16-8-5-15(6-9-16)7-11-19(22)20-18-12-17(21(23)24)10-4-14(18)3/h4-13H,1-3H3,(H,20,22). The molecule has 0 saturated carbocycles. The molecule has 0 radical (unpaired) electrons. The monoisotopic (exact) mass is 324 g/mol. The zero-order valence-electron chi connectivity index (χ0n) is 13.9. The second-order valence-electron chi connectivity index (χ2n) is 5.90. The van der Waals surface area contributed by atoms with Crippen molar-refractivity contribution in [3.63, 3.8) is 0 Å². The van der Waals surface area contributed by atoms with Crippen LogP contribution in [0.5, 0.6) is 0 Å². The highest BCUT2D eigenvalue weighted by molar-refractivity contribution is 6.02. The van der Waals surface area contributed by atoms with Crippen molar-refractivity contribution in [1.82, 2.24) is 0 Å². The molecule has 0 atom stereocenters. The lowest BCUT2D eigenvalue weighted by molar-refractivity contribution is -0.384. The van der Waals surface area contributed by atoms with E-state index in [2.05, 4.69) is 19.2 Å². The van der Waals surface area contributed by atoms with Crippen molar-refractivity contribution in [3.8, 4) is 0 Å². The molecular formula is C19H20N2O3. The molecule has 0 bridgehead atoms. The Bertz CT molecular complexity index is 778. The van der Waals surface area contributed by atoms with Gasteiger partial charge in [0.2, 0.25) is 5.91 Å². The van der Waals surface area contributed by atoms with Crippen LogP contribution < -0.4 is 5.32 Å². The minimum Gasteiger partial charge on any atom is -0.322 e. The van der Waals surface area contributed by atoms with Gasteiger partial charge >= 0.3 is 0 Å². The summed E-state index contributed by atoms with van der Waals surface area (Å²) in [4.78, 5) is 22.4. The molecule has 0 aromatic heterocycles. The van der Waals surface area contributed by atoms with Crippen molar-refractivity contribution in [2.75, 3.05) is 5.32 Å². The number of aryl methyl sites for hydroxylation is 1.